The first-order chi connectivity index (χ1) is 8.09. The van der Waals surface area contributed by atoms with Crippen LogP contribution in [-0.4, -0.2) is 37.0 Å². The highest BCUT2D eigenvalue weighted by atomic mass is 35.5. The Morgan fingerprint density at radius 1 is 1.41 bits per heavy atom. The average Bonchev–Trinajstić information content (AvgIpc) is 2.34. The van der Waals surface area contributed by atoms with Gasteiger partial charge in [-0.15, -0.1) is 0 Å². The molecule has 0 unspecified atom stereocenters. The number of hydrogen-bond donors (Lipinski definition) is 2. The summed E-state index contributed by atoms with van der Waals surface area (Å²) in [5.74, 6) is -0.810. The van der Waals surface area contributed by atoms with Gasteiger partial charge in [-0.05, 0) is 12.1 Å². The van der Waals surface area contributed by atoms with Gasteiger partial charge < -0.3 is 16.0 Å². The normalized spacial score (nSPS) is 16.0. The number of piperazine rings is 1. The Hall–Kier alpha value is -1.33. The number of rotatable bonds is 1. The number of nitrogen functional groups attached to an aromatic ring is 1. The van der Waals surface area contributed by atoms with Gasteiger partial charge in [-0.3, -0.25) is 4.79 Å². The minimum atomic E-state index is -0.605. The van der Waals surface area contributed by atoms with Crippen LogP contribution in [0, 0.1) is 5.82 Å². The molecule has 1 fully saturated rings. The zero-order valence-electron chi connectivity index (χ0n) is 9.17. The van der Waals surface area contributed by atoms with Crippen molar-refractivity contribution in [3.05, 3.63) is 28.5 Å². The van der Waals surface area contributed by atoms with Crippen LogP contribution in [0.2, 0.25) is 5.02 Å². The maximum Gasteiger partial charge on any atom is 0.255 e. The number of anilines is 1. The average molecular weight is 258 g/mol. The smallest absolute Gasteiger partial charge is 0.255 e. The molecule has 1 aliphatic rings. The van der Waals surface area contributed by atoms with Crippen molar-refractivity contribution in [2.24, 2.45) is 0 Å². The van der Waals surface area contributed by atoms with Crippen LogP contribution in [0.4, 0.5) is 10.1 Å². The largest absolute Gasteiger partial charge is 0.396 e. The fourth-order valence-electron chi connectivity index (χ4n) is 1.77. The van der Waals surface area contributed by atoms with Gasteiger partial charge >= 0.3 is 0 Å². The first-order valence-corrected chi connectivity index (χ1v) is 5.72. The van der Waals surface area contributed by atoms with E-state index in [1.807, 2.05) is 0 Å². The Bertz CT molecular complexity index is 447. The molecule has 0 bridgehead atoms. The highest BCUT2D eigenvalue weighted by Crippen LogP contribution is 2.23. The molecule has 3 N–H and O–H groups in total. The van der Waals surface area contributed by atoms with Gasteiger partial charge in [0, 0.05) is 26.2 Å². The summed E-state index contributed by atoms with van der Waals surface area (Å²) < 4.78 is 13.1. The number of hydrogen-bond acceptors (Lipinski definition) is 3. The van der Waals surface area contributed by atoms with Crippen molar-refractivity contribution in [1.29, 1.82) is 0 Å². The lowest BCUT2D eigenvalue weighted by atomic mass is 10.1. The van der Waals surface area contributed by atoms with Crippen molar-refractivity contribution in [3.63, 3.8) is 0 Å². The number of nitrogens with one attached hydrogen (secondary N) is 1. The summed E-state index contributed by atoms with van der Waals surface area (Å²) in [4.78, 5) is 13.8. The monoisotopic (exact) mass is 257 g/mol. The molecule has 92 valence electrons. The molecule has 1 aromatic rings. The van der Waals surface area contributed by atoms with E-state index in [2.05, 4.69) is 5.32 Å². The van der Waals surface area contributed by atoms with E-state index in [1.165, 1.54) is 6.07 Å². The summed E-state index contributed by atoms with van der Waals surface area (Å²) in [6.07, 6.45) is 0. The van der Waals surface area contributed by atoms with Gasteiger partial charge in [0.05, 0.1) is 16.3 Å². The van der Waals surface area contributed by atoms with Gasteiger partial charge in [0.25, 0.3) is 5.91 Å². The van der Waals surface area contributed by atoms with Crippen molar-refractivity contribution in [2.75, 3.05) is 31.9 Å². The summed E-state index contributed by atoms with van der Waals surface area (Å²) >= 11 is 5.86. The van der Waals surface area contributed by atoms with Crippen LogP contribution in [-0.2, 0) is 0 Å². The van der Waals surface area contributed by atoms with Crippen molar-refractivity contribution in [3.8, 4) is 0 Å². The van der Waals surface area contributed by atoms with E-state index >= 15 is 0 Å². The van der Waals surface area contributed by atoms with E-state index in [1.54, 1.807) is 4.90 Å². The van der Waals surface area contributed by atoms with Gasteiger partial charge in [-0.1, -0.05) is 11.6 Å². The minimum absolute atomic E-state index is 0.0621. The highest BCUT2D eigenvalue weighted by molar-refractivity contribution is 6.34. The van der Waals surface area contributed by atoms with Crippen molar-refractivity contribution < 1.29 is 9.18 Å². The van der Waals surface area contributed by atoms with Crippen LogP contribution >= 0.6 is 11.6 Å². The number of carbonyl (C=O) groups is 1. The van der Waals surface area contributed by atoms with Gasteiger partial charge in [0.1, 0.15) is 5.82 Å². The zero-order valence-corrected chi connectivity index (χ0v) is 9.93. The molecule has 1 heterocycles. The molecule has 1 aromatic carbocycles. The summed E-state index contributed by atoms with van der Waals surface area (Å²) in [5.41, 5.74) is 5.63. The number of nitrogens with two attached hydrogens (primary N) is 1. The lowest BCUT2D eigenvalue weighted by Crippen LogP contribution is -2.46. The minimum Gasteiger partial charge on any atom is -0.396 e. The zero-order chi connectivity index (χ0) is 12.4. The van der Waals surface area contributed by atoms with Crippen LogP contribution < -0.4 is 11.1 Å². The fraction of sp³-hybridized carbons (Fsp3) is 0.364. The first kappa shape index (κ1) is 12.1. The van der Waals surface area contributed by atoms with Gasteiger partial charge in [0.15, 0.2) is 0 Å². The van der Waals surface area contributed by atoms with Gasteiger partial charge in [-0.25, -0.2) is 4.39 Å². The standard InChI is InChI=1S/C11H13ClFN3O/c12-8-6-9(13)10(14)5-7(8)11(17)16-3-1-15-2-4-16/h5-6,15H,1-4,14H2. The highest BCUT2D eigenvalue weighted by Gasteiger charge is 2.21. The second-order valence-corrected chi connectivity index (χ2v) is 4.30. The lowest BCUT2D eigenvalue weighted by molar-refractivity contribution is 0.0736. The maximum atomic E-state index is 13.1. The Morgan fingerprint density at radius 2 is 2.06 bits per heavy atom. The second kappa shape index (κ2) is 4.89. The molecule has 17 heavy (non-hydrogen) atoms. The first-order valence-electron chi connectivity index (χ1n) is 5.34. The van der Waals surface area contributed by atoms with Gasteiger partial charge in [-0.2, -0.15) is 0 Å². The molecule has 1 saturated heterocycles. The maximum absolute atomic E-state index is 13.1. The fourth-order valence-corrected chi connectivity index (χ4v) is 2.00. The van der Waals surface area contributed by atoms with Crippen LogP contribution in [0.3, 0.4) is 0 Å². The predicted octanol–water partition coefficient (Wildman–Crippen LogP) is 1.11. The molecule has 1 aliphatic heterocycles. The number of halogens is 2. The third kappa shape index (κ3) is 2.50. The number of amides is 1. The lowest BCUT2D eigenvalue weighted by Gasteiger charge is -2.27. The molecular formula is C11H13ClFN3O. The number of carbonyl (C=O) groups excluding carboxylic acids is 1. The summed E-state index contributed by atoms with van der Waals surface area (Å²) in [6.45, 7) is 2.74. The van der Waals surface area contributed by atoms with Crippen molar-refractivity contribution in [2.45, 2.75) is 0 Å². The SMILES string of the molecule is Nc1cc(C(=O)N2CCNCC2)c(Cl)cc1F. The van der Waals surface area contributed by atoms with Crippen molar-refractivity contribution >= 4 is 23.2 Å². The topological polar surface area (TPSA) is 58.4 Å². The molecule has 6 heteroatoms. The van der Waals surface area contributed by atoms with Crippen LogP contribution in [0.1, 0.15) is 10.4 Å². The number of nitrogens with zero attached hydrogens (tertiary/aromatic N) is 1. The Morgan fingerprint density at radius 3 is 2.71 bits per heavy atom. The Kier molecular flexibility index (Phi) is 3.49. The summed E-state index contributed by atoms with van der Waals surface area (Å²) in [6, 6.07) is 2.37. The molecule has 0 atom stereocenters. The molecule has 0 saturated carbocycles. The molecule has 4 nitrogen and oxygen atoms in total. The number of benzene rings is 1. The van der Waals surface area contributed by atoms with E-state index in [0.29, 0.717) is 13.1 Å². The van der Waals surface area contributed by atoms with Crippen LogP contribution in [0.5, 0.6) is 0 Å². The van der Waals surface area contributed by atoms with E-state index in [-0.39, 0.29) is 22.2 Å². The van der Waals surface area contributed by atoms with E-state index in [9.17, 15) is 9.18 Å². The van der Waals surface area contributed by atoms with E-state index in [4.69, 9.17) is 17.3 Å². The summed E-state index contributed by atoms with van der Waals surface area (Å²) in [7, 11) is 0. The third-order valence-electron chi connectivity index (χ3n) is 2.72. The quantitative estimate of drug-likeness (QED) is 0.741. The Labute approximate surface area is 104 Å². The molecule has 0 spiro atoms. The van der Waals surface area contributed by atoms with E-state index in [0.717, 1.165) is 19.2 Å². The third-order valence-corrected chi connectivity index (χ3v) is 3.03. The molecule has 2 rings (SSSR count). The molecule has 1 amide bonds. The molecule has 0 aliphatic carbocycles. The second-order valence-electron chi connectivity index (χ2n) is 3.90. The Balaban J connectivity index is 2.26. The van der Waals surface area contributed by atoms with Crippen molar-refractivity contribution in [1.82, 2.24) is 10.2 Å². The predicted molar refractivity (Wildman–Crippen MR) is 64.6 cm³/mol. The van der Waals surface area contributed by atoms with Crippen LogP contribution in [0.15, 0.2) is 12.1 Å². The molecule has 0 aromatic heterocycles. The van der Waals surface area contributed by atoms with Crippen LogP contribution in [0.25, 0.3) is 0 Å². The molecule has 0 radical (unpaired) electrons. The van der Waals surface area contributed by atoms with E-state index < -0.39 is 5.82 Å². The summed E-state index contributed by atoms with van der Waals surface area (Å²) in [5, 5.41) is 3.24. The molecular weight excluding hydrogens is 245 g/mol. The van der Waals surface area contributed by atoms with Gasteiger partial charge in [0.2, 0.25) is 0 Å².